The second-order valence-electron chi connectivity index (χ2n) is 13.8. The van der Waals surface area contributed by atoms with E-state index in [1.54, 1.807) is 12.1 Å². The zero-order chi connectivity index (χ0) is 26.1. The molecule has 1 aromatic carbocycles. The molecule has 0 radical (unpaired) electrons. The van der Waals surface area contributed by atoms with Gasteiger partial charge in [0.15, 0.2) is 8.32 Å². The van der Waals surface area contributed by atoms with E-state index in [1.165, 1.54) is 10.5 Å². The van der Waals surface area contributed by atoms with Crippen LogP contribution in [0, 0.1) is 0 Å². The fraction of sp³-hybridized carbons (Fsp3) is 0.630. The topological polar surface area (TPSA) is 46.6 Å². The maximum atomic E-state index is 13.3. The highest BCUT2D eigenvalue weighted by Gasteiger charge is 2.42. The summed E-state index contributed by atoms with van der Waals surface area (Å²) in [7, 11) is -4.62. The summed E-state index contributed by atoms with van der Waals surface area (Å²) in [5.74, 6) is -0.371. The van der Waals surface area contributed by atoms with Crippen LogP contribution in [0.25, 0.3) is 0 Å². The van der Waals surface area contributed by atoms with Gasteiger partial charge in [0.1, 0.15) is 0 Å². The standard InChI is InChI=1S/C27H47NO3Si3/c1-27(2,3)34(10,11)31-18-22(17-16-21(19-32(4,5)6)20-33(7,8)9)28-25(29)23-14-12-13-15-24(23)26(28)30/h12-16,22H,17-20H2,1-11H3. The van der Waals surface area contributed by atoms with Crippen molar-refractivity contribution < 1.29 is 14.0 Å². The van der Waals surface area contributed by atoms with Crippen LogP contribution in [-0.2, 0) is 4.43 Å². The van der Waals surface area contributed by atoms with Crippen molar-refractivity contribution in [1.82, 2.24) is 4.90 Å². The fourth-order valence-electron chi connectivity index (χ4n) is 4.18. The summed E-state index contributed by atoms with van der Waals surface area (Å²) in [6.07, 6.45) is 3.00. The van der Waals surface area contributed by atoms with Gasteiger partial charge in [0.05, 0.1) is 23.8 Å². The summed E-state index contributed by atoms with van der Waals surface area (Å²) in [6.45, 7) is 26.0. The van der Waals surface area contributed by atoms with E-state index in [1.807, 2.05) is 12.1 Å². The number of rotatable bonds is 10. The Morgan fingerprint density at radius 1 is 0.882 bits per heavy atom. The highest BCUT2D eigenvalue weighted by atomic mass is 28.4. The maximum Gasteiger partial charge on any atom is 0.261 e. The number of nitrogens with zero attached hydrogens (tertiary/aromatic N) is 1. The monoisotopic (exact) mass is 517 g/mol. The first kappa shape index (κ1) is 28.9. The number of imide groups is 1. The zero-order valence-electron chi connectivity index (χ0n) is 23.5. The predicted molar refractivity (Wildman–Crippen MR) is 153 cm³/mol. The van der Waals surface area contributed by atoms with Crippen molar-refractivity contribution in [3.05, 3.63) is 47.0 Å². The van der Waals surface area contributed by atoms with Gasteiger partial charge in [-0.2, -0.15) is 0 Å². The molecule has 1 atom stereocenters. The van der Waals surface area contributed by atoms with Crippen LogP contribution in [-0.4, -0.2) is 53.8 Å². The highest BCUT2D eigenvalue weighted by molar-refractivity contribution is 6.78. The van der Waals surface area contributed by atoms with E-state index in [9.17, 15) is 9.59 Å². The van der Waals surface area contributed by atoms with Crippen molar-refractivity contribution in [3.8, 4) is 0 Å². The first-order valence-corrected chi connectivity index (χ1v) is 22.9. The minimum atomic E-state index is -2.03. The molecule has 190 valence electrons. The minimum absolute atomic E-state index is 0.0657. The van der Waals surface area contributed by atoms with Crippen molar-refractivity contribution in [3.63, 3.8) is 0 Å². The van der Waals surface area contributed by atoms with E-state index in [-0.39, 0.29) is 22.9 Å². The van der Waals surface area contributed by atoms with Gasteiger partial charge < -0.3 is 4.43 Å². The SMILES string of the molecule is CC(C)(C)[Si](C)(C)OCC(CC=C(C[Si](C)(C)C)C[Si](C)(C)C)N1C(=O)c2ccccc2C1=O. The lowest BCUT2D eigenvalue weighted by Crippen LogP contribution is -2.48. The lowest BCUT2D eigenvalue weighted by Gasteiger charge is -2.38. The number of hydrogen-bond acceptors (Lipinski definition) is 3. The first-order chi connectivity index (χ1) is 15.3. The Morgan fingerprint density at radius 2 is 1.32 bits per heavy atom. The summed E-state index contributed by atoms with van der Waals surface area (Å²) in [5.41, 5.74) is 2.53. The Hall–Kier alpha value is -1.29. The first-order valence-electron chi connectivity index (χ1n) is 12.6. The minimum Gasteiger partial charge on any atom is -0.415 e. The Balaban J connectivity index is 2.40. The fourth-order valence-corrected chi connectivity index (χ4v) is 8.74. The Kier molecular flexibility index (Phi) is 8.83. The highest BCUT2D eigenvalue weighted by Crippen LogP contribution is 2.37. The average molecular weight is 518 g/mol. The molecule has 0 fully saturated rings. The third kappa shape index (κ3) is 7.60. The lowest BCUT2D eigenvalue weighted by atomic mass is 10.1. The number of fused-ring (bicyclic) bond motifs is 1. The molecule has 34 heavy (non-hydrogen) atoms. The molecule has 4 nitrogen and oxygen atoms in total. The third-order valence-corrected chi connectivity index (χ3v) is 14.4. The maximum absolute atomic E-state index is 13.3. The van der Waals surface area contributed by atoms with Crippen molar-refractivity contribution in [2.45, 2.75) is 103 Å². The molecule has 0 saturated carbocycles. The third-order valence-electron chi connectivity index (χ3n) is 6.83. The lowest BCUT2D eigenvalue weighted by molar-refractivity contribution is 0.0526. The number of hydrogen-bond donors (Lipinski definition) is 0. The number of carbonyl (C=O) groups is 2. The second-order valence-corrected chi connectivity index (χ2v) is 29.6. The summed E-state index contributed by atoms with van der Waals surface area (Å²) in [5, 5.41) is 0.0657. The van der Waals surface area contributed by atoms with E-state index in [0.29, 0.717) is 24.2 Å². The molecular weight excluding hydrogens is 471 g/mol. The van der Waals surface area contributed by atoms with Crippen molar-refractivity contribution >= 4 is 36.3 Å². The molecule has 0 aromatic heterocycles. The summed E-state index contributed by atoms with van der Waals surface area (Å²) in [6, 6.07) is 9.21. The Morgan fingerprint density at radius 3 is 1.71 bits per heavy atom. The largest absolute Gasteiger partial charge is 0.415 e. The van der Waals surface area contributed by atoms with Crippen LogP contribution in [0.3, 0.4) is 0 Å². The van der Waals surface area contributed by atoms with E-state index in [2.05, 4.69) is 79.2 Å². The summed E-state index contributed by atoms with van der Waals surface area (Å²) >= 11 is 0. The second kappa shape index (κ2) is 10.4. The van der Waals surface area contributed by atoms with Crippen LogP contribution >= 0.6 is 0 Å². The van der Waals surface area contributed by atoms with Crippen molar-refractivity contribution in [2.24, 2.45) is 0 Å². The van der Waals surface area contributed by atoms with Crippen LogP contribution < -0.4 is 0 Å². The van der Waals surface area contributed by atoms with Gasteiger partial charge in [0.25, 0.3) is 11.8 Å². The molecule has 0 spiro atoms. The molecule has 0 saturated heterocycles. The van der Waals surface area contributed by atoms with Crippen molar-refractivity contribution in [2.75, 3.05) is 6.61 Å². The number of carbonyl (C=O) groups excluding carboxylic acids is 2. The molecule has 1 aliphatic rings. The molecule has 1 aromatic rings. The van der Waals surface area contributed by atoms with Gasteiger partial charge in [0, 0.05) is 16.1 Å². The number of allylic oxidation sites excluding steroid dienone is 1. The van der Waals surface area contributed by atoms with Gasteiger partial charge in [-0.15, -0.1) is 0 Å². The molecule has 1 aliphatic heterocycles. The molecule has 1 heterocycles. The van der Waals surface area contributed by atoms with Crippen LogP contribution in [0.5, 0.6) is 0 Å². The van der Waals surface area contributed by atoms with Crippen LogP contribution in [0.2, 0.25) is 69.5 Å². The van der Waals surface area contributed by atoms with E-state index in [0.717, 1.165) is 12.1 Å². The average Bonchev–Trinajstić information content (AvgIpc) is 2.90. The van der Waals surface area contributed by atoms with Gasteiger partial charge >= 0.3 is 0 Å². The molecule has 0 aliphatic carbocycles. The summed E-state index contributed by atoms with van der Waals surface area (Å²) in [4.78, 5) is 28.1. The molecule has 0 bridgehead atoms. The number of benzene rings is 1. The number of amides is 2. The Labute approximate surface area is 211 Å². The van der Waals surface area contributed by atoms with Crippen LogP contribution in [0.1, 0.15) is 47.9 Å². The molecule has 7 heteroatoms. The van der Waals surface area contributed by atoms with Gasteiger partial charge in [-0.1, -0.05) is 83.8 Å². The molecule has 2 rings (SSSR count). The van der Waals surface area contributed by atoms with E-state index in [4.69, 9.17) is 4.43 Å². The van der Waals surface area contributed by atoms with Gasteiger partial charge in [-0.3, -0.25) is 14.5 Å². The smallest absolute Gasteiger partial charge is 0.261 e. The van der Waals surface area contributed by atoms with Gasteiger partial charge in [-0.25, -0.2) is 0 Å². The van der Waals surface area contributed by atoms with E-state index < -0.39 is 24.5 Å². The normalized spacial score (nSPS) is 16.0. The van der Waals surface area contributed by atoms with Gasteiger partial charge in [0.2, 0.25) is 0 Å². The quantitative estimate of drug-likeness (QED) is 0.182. The molecule has 0 N–H and O–H groups in total. The zero-order valence-corrected chi connectivity index (χ0v) is 26.5. The van der Waals surface area contributed by atoms with Crippen molar-refractivity contribution in [1.29, 1.82) is 0 Å². The molecular formula is C27H47NO3Si3. The summed E-state index contributed by atoms with van der Waals surface area (Å²) < 4.78 is 6.58. The predicted octanol–water partition coefficient (Wildman–Crippen LogP) is 7.67. The Bertz CT molecular complexity index is 881. The van der Waals surface area contributed by atoms with Gasteiger partial charge in [-0.05, 0) is 48.8 Å². The van der Waals surface area contributed by atoms with E-state index >= 15 is 0 Å². The van der Waals surface area contributed by atoms with Crippen LogP contribution in [0.4, 0.5) is 0 Å². The molecule has 1 unspecified atom stereocenters. The van der Waals surface area contributed by atoms with Crippen LogP contribution in [0.15, 0.2) is 35.9 Å². The molecule has 2 amide bonds.